The van der Waals surface area contributed by atoms with Crippen molar-refractivity contribution in [2.45, 2.75) is 71.1 Å². The first-order valence-electron chi connectivity index (χ1n) is 10.7. The molecule has 0 aliphatic heterocycles. The minimum atomic E-state index is -0.207. The fourth-order valence-electron chi connectivity index (χ4n) is 5.01. The van der Waals surface area contributed by atoms with Crippen LogP contribution >= 0.6 is 0 Å². The van der Waals surface area contributed by atoms with Gasteiger partial charge in [0, 0.05) is 5.56 Å². The van der Waals surface area contributed by atoms with E-state index in [1.807, 2.05) is 6.08 Å². The Bertz CT molecular complexity index is 614. The second-order valence-corrected chi connectivity index (χ2v) is 8.38. The van der Waals surface area contributed by atoms with E-state index in [4.69, 9.17) is 0 Å². The van der Waals surface area contributed by atoms with Crippen LogP contribution < -0.4 is 0 Å². The Morgan fingerprint density at radius 1 is 0.923 bits per heavy atom. The van der Waals surface area contributed by atoms with Gasteiger partial charge in [0.2, 0.25) is 0 Å². The van der Waals surface area contributed by atoms with Crippen molar-refractivity contribution in [1.82, 2.24) is 0 Å². The van der Waals surface area contributed by atoms with Gasteiger partial charge in [-0.2, -0.15) is 0 Å². The Balaban J connectivity index is 1.39. The zero-order valence-electron chi connectivity index (χ0n) is 16.2. The van der Waals surface area contributed by atoms with Gasteiger partial charge in [0.25, 0.3) is 0 Å². The molecule has 0 aromatic heterocycles. The van der Waals surface area contributed by atoms with Crippen molar-refractivity contribution in [2.75, 3.05) is 0 Å². The fourth-order valence-corrected chi connectivity index (χ4v) is 5.01. The summed E-state index contributed by atoms with van der Waals surface area (Å²) in [5, 5.41) is 0. The second kappa shape index (κ2) is 9.96. The molecule has 0 N–H and O–H groups in total. The maximum Gasteiger partial charge on any atom is 0.123 e. The van der Waals surface area contributed by atoms with Gasteiger partial charge in [-0.1, -0.05) is 50.5 Å². The Hall–Kier alpha value is -1.55. The highest BCUT2D eigenvalue weighted by molar-refractivity contribution is 5.36. The molecule has 26 heavy (non-hydrogen) atoms. The summed E-state index contributed by atoms with van der Waals surface area (Å²) in [5.74, 6) is 9.69. The highest BCUT2D eigenvalue weighted by atomic mass is 19.1. The Labute approximate surface area is 159 Å². The molecule has 0 nitrogen and oxygen atoms in total. The van der Waals surface area contributed by atoms with E-state index in [1.165, 1.54) is 76.3 Å². The average Bonchev–Trinajstić information content (AvgIpc) is 2.68. The number of allylic oxidation sites excluding steroid dienone is 2. The van der Waals surface area contributed by atoms with Crippen LogP contribution in [0.2, 0.25) is 0 Å². The van der Waals surface area contributed by atoms with E-state index in [1.54, 1.807) is 12.1 Å². The summed E-state index contributed by atoms with van der Waals surface area (Å²) < 4.78 is 12.9. The van der Waals surface area contributed by atoms with Crippen LogP contribution in [-0.2, 0) is 0 Å². The molecule has 0 saturated heterocycles. The molecule has 1 heteroatoms. The summed E-state index contributed by atoms with van der Waals surface area (Å²) in [4.78, 5) is 0. The van der Waals surface area contributed by atoms with E-state index in [9.17, 15) is 4.39 Å². The first kappa shape index (κ1) is 19.2. The zero-order chi connectivity index (χ0) is 18.2. The molecule has 0 unspecified atom stereocenters. The lowest BCUT2D eigenvalue weighted by Gasteiger charge is -2.37. The average molecular weight is 353 g/mol. The van der Waals surface area contributed by atoms with Crippen LogP contribution in [0.15, 0.2) is 36.4 Å². The van der Waals surface area contributed by atoms with Crippen molar-refractivity contribution in [3.63, 3.8) is 0 Å². The predicted octanol–water partition coefficient (Wildman–Crippen LogP) is 7.15. The molecule has 0 radical (unpaired) electrons. The molecule has 140 valence electrons. The van der Waals surface area contributed by atoms with Gasteiger partial charge in [0.1, 0.15) is 5.82 Å². The monoisotopic (exact) mass is 352 g/mol. The third-order valence-electron chi connectivity index (χ3n) is 6.58. The van der Waals surface area contributed by atoms with Crippen LogP contribution in [0.5, 0.6) is 0 Å². The fraction of sp³-hybridized carbons (Fsp3) is 0.600. The quantitative estimate of drug-likeness (QED) is 0.505. The molecule has 0 heterocycles. The zero-order valence-corrected chi connectivity index (χ0v) is 16.2. The van der Waals surface area contributed by atoms with Crippen molar-refractivity contribution in [2.24, 2.45) is 23.7 Å². The Morgan fingerprint density at radius 3 is 2.15 bits per heavy atom. The molecule has 0 amide bonds. The van der Waals surface area contributed by atoms with E-state index in [2.05, 4.69) is 24.8 Å². The summed E-state index contributed by atoms with van der Waals surface area (Å²) in [6, 6.07) is 6.39. The van der Waals surface area contributed by atoms with E-state index < -0.39 is 0 Å². The van der Waals surface area contributed by atoms with Gasteiger partial charge in [-0.3, -0.25) is 0 Å². The molecular formula is C25H33F. The summed E-state index contributed by atoms with van der Waals surface area (Å²) in [6.45, 7) is 2.32. The van der Waals surface area contributed by atoms with E-state index in [0.717, 1.165) is 23.3 Å². The molecule has 0 bridgehead atoms. The standard InChI is InChI=1S/C25H33F/c1-2-5-20-8-14-23(15-9-20)24-16-10-21(11-17-24)6-3-4-7-22-12-18-25(26)19-13-22/h3,6,12-13,18-21,23-24H,2,5,8-11,14-17H2,1H3/t20-,21?,23-,24?. The van der Waals surface area contributed by atoms with Crippen LogP contribution in [0.3, 0.4) is 0 Å². The minimum absolute atomic E-state index is 0.207. The van der Waals surface area contributed by atoms with Crippen molar-refractivity contribution in [3.8, 4) is 11.8 Å². The SMILES string of the molecule is CCC[C@H]1CC[C@H](C2CCC(C=CC#Cc3ccc(F)cc3)CC2)CC1. The lowest BCUT2D eigenvalue weighted by atomic mass is 9.69. The summed E-state index contributed by atoms with van der Waals surface area (Å²) in [7, 11) is 0. The molecule has 2 aliphatic carbocycles. The van der Waals surface area contributed by atoms with Crippen molar-refractivity contribution in [3.05, 3.63) is 47.8 Å². The third kappa shape index (κ3) is 5.73. The normalized spacial score (nSPS) is 29.3. The topological polar surface area (TPSA) is 0 Å². The molecule has 0 spiro atoms. The van der Waals surface area contributed by atoms with Crippen LogP contribution in [-0.4, -0.2) is 0 Å². The number of hydrogen-bond acceptors (Lipinski definition) is 0. The van der Waals surface area contributed by atoms with Crippen molar-refractivity contribution < 1.29 is 4.39 Å². The van der Waals surface area contributed by atoms with Gasteiger partial charge in [0.15, 0.2) is 0 Å². The van der Waals surface area contributed by atoms with Crippen LogP contribution in [0.25, 0.3) is 0 Å². The van der Waals surface area contributed by atoms with Gasteiger partial charge in [-0.25, -0.2) is 4.39 Å². The van der Waals surface area contributed by atoms with E-state index in [-0.39, 0.29) is 5.82 Å². The molecule has 1 aromatic carbocycles. The summed E-state index contributed by atoms with van der Waals surface area (Å²) >= 11 is 0. The molecule has 0 atom stereocenters. The van der Waals surface area contributed by atoms with Gasteiger partial charge >= 0.3 is 0 Å². The molecule has 3 rings (SSSR count). The molecule has 2 saturated carbocycles. The maximum absolute atomic E-state index is 12.9. The van der Waals surface area contributed by atoms with E-state index >= 15 is 0 Å². The highest BCUT2D eigenvalue weighted by Crippen LogP contribution is 2.42. The largest absolute Gasteiger partial charge is 0.207 e. The highest BCUT2D eigenvalue weighted by Gasteiger charge is 2.29. The second-order valence-electron chi connectivity index (χ2n) is 8.38. The Morgan fingerprint density at radius 2 is 1.54 bits per heavy atom. The Kier molecular flexibility index (Phi) is 7.36. The first-order valence-corrected chi connectivity index (χ1v) is 10.7. The molecule has 2 aliphatic rings. The number of rotatable bonds is 4. The number of benzene rings is 1. The number of halogens is 1. The predicted molar refractivity (Wildman–Crippen MR) is 108 cm³/mol. The summed E-state index contributed by atoms with van der Waals surface area (Å²) in [6.07, 6.45) is 18.5. The van der Waals surface area contributed by atoms with E-state index in [0.29, 0.717) is 5.92 Å². The molecule has 2 fully saturated rings. The summed E-state index contributed by atoms with van der Waals surface area (Å²) in [5.41, 5.74) is 0.874. The van der Waals surface area contributed by atoms with Crippen molar-refractivity contribution >= 4 is 0 Å². The van der Waals surface area contributed by atoms with Crippen molar-refractivity contribution in [1.29, 1.82) is 0 Å². The van der Waals surface area contributed by atoms with Crippen LogP contribution in [0, 0.1) is 41.3 Å². The van der Waals surface area contributed by atoms with Crippen LogP contribution in [0.1, 0.15) is 76.7 Å². The molecule has 1 aromatic rings. The smallest absolute Gasteiger partial charge is 0.123 e. The lowest BCUT2D eigenvalue weighted by molar-refractivity contribution is 0.152. The maximum atomic E-state index is 12.9. The molecular weight excluding hydrogens is 319 g/mol. The minimum Gasteiger partial charge on any atom is -0.207 e. The van der Waals surface area contributed by atoms with Gasteiger partial charge in [-0.05, 0) is 92.5 Å². The first-order chi connectivity index (χ1) is 12.7. The van der Waals surface area contributed by atoms with Gasteiger partial charge < -0.3 is 0 Å². The lowest BCUT2D eigenvalue weighted by Crippen LogP contribution is -2.25. The number of hydrogen-bond donors (Lipinski definition) is 0. The van der Waals surface area contributed by atoms with Crippen LogP contribution in [0.4, 0.5) is 4.39 Å². The third-order valence-corrected chi connectivity index (χ3v) is 6.58. The van der Waals surface area contributed by atoms with Gasteiger partial charge in [0.05, 0.1) is 0 Å². The van der Waals surface area contributed by atoms with Gasteiger partial charge in [-0.15, -0.1) is 0 Å².